The van der Waals surface area contributed by atoms with Crippen LogP contribution < -0.4 is 15.3 Å². The fourth-order valence-corrected chi connectivity index (χ4v) is 10.2. The third-order valence-corrected chi connectivity index (χ3v) is 12.8. The normalized spacial score (nSPS) is 29.2. The van der Waals surface area contributed by atoms with Gasteiger partial charge in [0.2, 0.25) is 5.60 Å². The second-order valence-corrected chi connectivity index (χ2v) is 17.8. The zero-order chi connectivity index (χ0) is 38.1. The van der Waals surface area contributed by atoms with Crippen LogP contribution in [-0.4, -0.2) is 68.6 Å². The second kappa shape index (κ2) is 13.1. The first kappa shape index (κ1) is 37.3. The van der Waals surface area contributed by atoms with E-state index in [0.717, 1.165) is 31.2 Å². The van der Waals surface area contributed by atoms with Gasteiger partial charge in [0, 0.05) is 13.8 Å². The van der Waals surface area contributed by atoms with Gasteiger partial charge >= 0.3 is 25.7 Å². The van der Waals surface area contributed by atoms with Gasteiger partial charge in [-0.15, -0.1) is 0 Å². The number of nitrogens with zero attached hydrogens (tertiary/aromatic N) is 3. The van der Waals surface area contributed by atoms with Crippen LogP contribution in [0.15, 0.2) is 42.7 Å². The highest BCUT2D eigenvalue weighted by atomic mass is 31.2. The van der Waals surface area contributed by atoms with Gasteiger partial charge in [0.05, 0.1) is 5.69 Å². The van der Waals surface area contributed by atoms with Gasteiger partial charge in [-0.05, 0) is 80.2 Å². The Bertz CT molecular complexity index is 1970. The number of fused-ring (bicyclic) bond motifs is 2. The Kier molecular flexibility index (Phi) is 9.19. The fourth-order valence-electron chi connectivity index (χ4n) is 8.44. The van der Waals surface area contributed by atoms with E-state index >= 15 is 0 Å². The minimum atomic E-state index is -4.51. The molecular weight excluding hydrogens is 705 g/mol. The molecule has 0 amide bonds. The number of ether oxygens (including phenoxy) is 4. The van der Waals surface area contributed by atoms with Gasteiger partial charge in [-0.3, -0.25) is 18.9 Å². The van der Waals surface area contributed by atoms with E-state index in [-0.39, 0.29) is 28.5 Å². The van der Waals surface area contributed by atoms with Crippen LogP contribution in [-0.2, 0) is 53.4 Å². The predicted octanol–water partition coefficient (Wildman–Crippen LogP) is 5.29. The molecule has 286 valence electrons. The van der Waals surface area contributed by atoms with Crippen LogP contribution in [0.2, 0.25) is 0 Å². The molecule has 53 heavy (non-hydrogen) atoms. The maximum absolute atomic E-state index is 14.9. The molecule has 1 aliphatic heterocycles. The molecule has 16 heteroatoms. The van der Waals surface area contributed by atoms with E-state index in [4.69, 9.17) is 33.7 Å². The average Bonchev–Trinajstić information content (AvgIpc) is 3.51. The molecule has 4 aliphatic rings. The molecule has 7 atom stereocenters. The molecule has 3 heterocycles. The molecule has 7 rings (SSSR count). The van der Waals surface area contributed by atoms with Crippen molar-refractivity contribution < 1.29 is 46.9 Å². The lowest BCUT2D eigenvalue weighted by atomic mass is 9.65. The second-order valence-electron chi connectivity index (χ2n) is 16.2. The van der Waals surface area contributed by atoms with Gasteiger partial charge in [0.25, 0.3) is 0 Å². The number of hydrogen-bond donors (Lipinski definition) is 2. The van der Waals surface area contributed by atoms with Gasteiger partial charge in [-0.2, -0.15) is 10.2 Å². The quantitative estimate of drug-likeness (QED) is 0.146. The number of benzene rings is 1. The summed E-state index contributed by atoms with van der Waals surface area (Å²) in [6, 6.07) is 9.28. The summed E-state index contributed by atoms with van der Waals surface area (Å²) in [4.78, 5) is 42.8. The number of nitrogens with two attached hydrogens (primary N) is 1. The van der Waals surface area contributed by atoms with E-state index in [0.29, 0.717) is 11.2 Å². The van der Waals surface area contributed by atoms with Crippen LogP contribution in [0, 0.1) is 5.41 Å². The molecule has 2 aromatic heterocycles. The number of anilines is 1. The zero-order valence-corrected chi connectivity index (χ0v) is 32.0. The Labute approximate surface area is 308 Å². The van der Waals surface area contributed by atoms with E-state index in [9.17, 15) is 18.9 Å². The lowest BCUT2D eigenvalue weighted by Gasteiger charge is -2.44. The summed E-state index contributed by atoms with van der Waals surface area (Å²) in [5, 5.41) is 7.09. The Morgan fingerprint density at radius 1 is 1.04 bits per heavy atom. The minimum Gasteiger partial charge on any atom is -0.461 e. The number of esters is 3. The van der Waals surface area contributed by atoms with E-state index < -0.39 is 61.2 Å². The van der Waals surface area contributed by atoms with Crippen LogP contribution >= 0.6 is 7.75 Å². The molecular formula is C37H48N5O10P. The van der Waals surface area contributed by atoms with Crippen LogP contribution in [0.3, 0.4) is 0 Å². The Balaban J connectivity index is 1.18. The van der Waals surface area contributed by atoms with Crippen molar-refractivity contribution >= 4 is 37.0 Å². The molecule has 0 bridgehead atoms. The van der Waals surface area contributed by atoms with Crippen molar-refractivity contribution in [1.29, 1.82) is 0 Å². The topological polar surface area (TPSA) is 192 Å². The van der Waals surface area contributed by atoms with Crippen molar-refractivity contribution in [3.8, 4) is 5.75 Å². The van der Waals surface area contributed by atoms with Crippen molar-refractivity contribution in [2.45, 2.75) is 134 Å². The molecule has 1 aromatic carbocycles. The standard InChI is InChI=1S/C37H48N5O10P/c1-21(32(45)48-26-18-36(19-26)16-8-9-17-36)41-53(46,51-25-12-10-24(11-13-25)34(4,5)6)52-30-29-37(30,49-23(3)44)33(47-22(2)43)35(7,50-29)28-15-14-27-31(38)39-20-40-42(27)28/h10-15,20-21,26,29-30,33H,8-9,16-19H2,1-7H3,(H,41,46)(H2,38,39,40)/t21-,29+,30?,33-,35-,37-,53?/m0/s1. The summed E-state index contributed by atoms with van der Waals surface area (Å²) >= 11 is 0. The first-order valence-electron chi connectivity index (χ1n) is 18.1. The van der Waals surface area contributed by atoms with Gasteiger partial charge < -0.3 is 29.2 Å². The Hall–Kier alpha value is -4.04. The predicted molar refractivity (Wildman–Crippen MR) is 191 cm³/mol. The number of carbonyl (C=O) groups excluding carboxylic acids is 3. The highest BCUT2D eigenvalue weighted by Crippen LogP contribution is 2.66. The Morgan fingerprint density at radius 3 is 2.34 bits per heavy atom. The third kappa shape index (κ3) is 6.70. The molecule has 2 unspecified atom stereocenters. The first-order valence-corrected chi connectivity index (χ1v) is 19.6. The van der Waals surface area contributed by atoms with E-state index in [2.05, 4.69) is 35.9 Å². The van der Waals surface area contributed by atoms with Crippen molar-refractivity contribution in [1.82, 2.24) is 19.7 Å². The van der Waals surface area contributed by atoms with E-state index in [1.165, 1.54) is 44.5 Å². The summed E-state index contributed by atoms with van der Waals surface area (Å²) in [7, 11) is -4.51. The first-order chi connectivity index (χ1) is 24.9. The molecule has 15 nitrogen and oxygen atoms in total. The molecule has 0 radical (unpaired) electrons. The highest BCUT2D eigenvalue weighted by Gasteiger charge is 2.87. The van der Waals surface area contributed by atoms with Crippen LogP contribution in [0.5, 0.6) is 5.75 Å². The molecule has 3 aliphatic carbocycles. The molecule has 1 spiro atoms. The summed E-state index contributed by atoms with van der Waals surface area (Å²) in [6.07, 6.45) is 3.68. The molecule has 1 saturated heterocycles. The fraction of sp³-hybridized carbons (Fsp3) is 0.595. The number of rotatable bonds is 11. The number of hydrogen-bond acceptors (Lipinski definition) is 13. The lowest BCUT2D eigenvalue weighted by Crippen LogP contribution is -2.50. The largest absolute Gasteiger partial charge is 0.461 e. The van der Waals surface area contributed by atoms with Crippen LogP contribution in [0.25, 0.3) is 5.52 Å². The SMILES string of the molecule is CC(=O)O[C@@H]1[C@@]2(OC(C)=O)C(OP(=O)(N[C@@H](C)C(=O)OC3CC4(CCCC4)C3)Oc3ccc(C(C)(C)C)cc3)[C@H]2O[C@@]1(C)c1ccc2c(N)ncnn12. The maximum Gasteiger partial charge on any atom is 0.459 e. The monoisotopic (exact) mass is 753 g/mol. The molecule has 3 saturated carbocycles. The van der Waals surface area contributed by atoms with E-state index in [1.807, 2.05) is 12.1 Å². The third-order valence-electron chi connectivity index (χ3n) is 11.1. The Morgan fingerprint density at radius 2 is 1.72 bits per heavy atom. The van der Waals surface area contributed by atoms with Crippen molar-refractivity contribution in [3.05, 3.63) is 54.0 Å². The summed E-state index contributed by atoms with van der Waals surface area (Å²) < 4.78 is 52.9. The number of nitrogen functional groups attached to an aromatic ring is 1. The lowest BCUT2D eigenvalue weighted by molar-refractivity contribution is -0.186. The average molecular weight is 754 g/mol. The van der Waals surface area contributed by atoms with E-state index in [1.54, 1.807) is 31.2 Å². The van der Waals surface area contributed by atoms with Crippen molar-refractivity contribution in [2.24, 2.45) is 5.41 Å². The molecule has 4 fully saturated rings. The summed E-state index contributed by atoms with van der Waals surface area (Å²) in [5.41, 5.74) is 4.88. The number of nitrogens with one attached hydrogen (secondary N) is 1. The smallest absolute Gasteiger partial charge is 0.459 e. The summed E-state index contributed by atoms with van der Waals surface area (Å²) in [6.45, 7) is 11.8. The number of aromatic nitrogens is 3. The van der Waals surface area contributed by atoms with Gasteiger partial charge in [0.1, 0.15) is 47.5 Å². The zero-order valence-electron chi connectivity index (χ0n) is 31.1. The number of carbonyl (C=O) groups is 3. The summed E-state index contributed by atoms with van der Waals surface area (Å²) in [5.74, 6) is -1.62. The molecule has 3 N–H and O–H groups in total. The van der Waals surface area contributed by atoms with Gasteiger partial charge in [-0.1, -0.05) is 45.7 Å². The van der Waals surface area contributed by atoms with Crippen molar-refractivity contribution in [3.63, 3.8) is 0 Å². The molecule has 3 aromatic rings. The van der Waals surface area contributed by atoms with Gasteiger partial charge in [-0.25, -0.2) is 14.1 Å². The van der Waals surface area contributed by atoms with Gasteiger partial charge in [0.15, 0.2) is 11.9 Å². The maximum atomic E-state index is 14.9. The highest BCUT2D eigenvalue weighted by molar-refractivity contribution is 7.52. The van der Waals surface area contributed by atoms with Crippen molar-refractivity contribution in [2.75, 3.05) is 5.73 Å². The minimum absolute atomic E-state index is 0.158. The van der Waals surface area contributed by atoms with Crippen LogP contribution in [0.4, 0.5) is 5.82 Å². The van der Waals surface area contributed by atoms with Crippen LogP contribution in [0.1, 0.15) is 98.2 Å².